The largest absolute Gasteiger partial charge is 0.368 e. The number of amides is 1. The first-order valence-electron chi connectivity index (χ1n) is 9.53. The molecule has 1 saturated heterocycles. The minimum Gasteiger partial charge on any atom is -0.368 e. The second kappa shape index (κ2) is 7.09. The summed E-state index contributed by atoms with van der Waals surface area (Å²) in [7, 11) is 0. The molecule has 1 aliphatic carbocycles. The highest BCUT2D eigenvalue weighted by Crippen LogP contribution is 2.28. The Hall–Kier alpha value is -2.77. The molecule has 0 spiro atoms. The van der Waals surface area contributed by atoms with Gasteiger partial charge >= 0.3 is 0 Å². The van der Waals surface area contributed by atoms with E-state index in [-0.39, 0.29) is 23.3 Å². The average Bonchev–Trinajstić information content (AvgIpc) is 2.66. The van der Waals surface area contributed by atoms with Crippen molar-refractivity contribution in [1.29, 1.82) is 0 Å². The van der Waals surface area contributed by atoms with Crippen LogP contribution in [0.4, 0.5) is 5.95 Å². The summed E-state index contributed by atoms with van der Waals surface area (Å²) in [6, 6.07) is 1.54. The molecule has 0 saturated carbocycles. The summed E-state index contributed by atoms with van der Waals surface area (Å²) in [5, 5.41) is 0. The van der Waals surface area contributed by atoms with Gasteiger partial charge in [0.25, 0.3) is 11.5 Å². The lowest BCUT2D eigenvalue weighted by Crippen LogP contribution is -2.40. The molecular weight excluding hydrogens is 344 g/mol. The number of anilines is 1. The second-order valence-electron chi connectivity index (χ2n) is 7.41. The Labute approximate surface area is 157 Å². The van der Waals surface area contributed by atoms with Gasteiger partial charge in [-0.15, -0.1) is 0 Å². The smallest absolute Gasteiger partial charge is 0.272 e. The van der Waals surface area contributed by atoms with Gasteiger partial charge in [-0.3, -0.25) is 9.59 Å². The lowest BCUT2D eigenvalue weighted by molar-refractivity contribution is 0.0698. The fraction of sp³-hybridized carbons (Fsp3) is 0.526. The summed E-state index contributed by atoms with van der Waals surface area (Å²) in [4.78, 5) is 42.6. The summed E-state index contributed by atoms with van der Waals surface area (Å²) >= 11 is 0. The molecule has 8 heteroatoms. The first-order valence-corrected chi connectivity index (χ1v) is 9.53. The highest BCUT2D eigenvalue weighted by molar-refractivity contribution is 5.94. The van der Waals surface area contributed by atoms with Gasteiger partial charge in [0, 0.05) is 36.3 Å². The fourth-order valence-corrected chi connectivity index (χ4v) is 4.15. The molecule has 27 heavy (non-hydrogen) atoms. The predicted molar refractivity (Wildman–Crippen MR) is 101 cm³/mol. The number of nitrogens with two attached hydrogens (primary N) is 1. The molecule has 2 aromatic rings. The standard InChI is InChI=1S/C19H24N6O2/c1-11-21-15(9-16(26)22-11)12-5-4-8-25(10-12)18(27)17-13-6-2-3-7-14(13)23-19(20)24-17/h9,12H,2-8,10H2,1H3,(H2,20,23,24)(H,21,22,26)/t12-/m1/s1. The van der Waals surface area contributed by atoms with E-state index in [0.717, 1.165) is 55.5 Å². The van der Waals surface area contributed by atoms with E-state index >= 15 is 0 Å². The minimum absolute atomic E-state index is 0.0544. The van der Waals surface area contributed by atoms with Crippen LogP contribution in [-0.2, 0) is 12.8 Å². The van der Waals surface area contributed by atoms with Crippen LogP contribution in [0.3, 0.4) is 0 Å². The molecule has 0 aromatic carbocycles. The zero-order valence-corrected chi connectivity index (χ0v) is 15.5. The van der Waals surface area contributed by atoms with E-state index in [0.29, 0.717) is 24.6 Å². The summed E-state index contributed by atoms with van der Waals surface area (Å²) in [5.41, 5.74) is 8.77. The number of likely N-dealkylation sites (tertiary alicyclic amines) is 1. The number of carbonyl (C=O) groups excluding carboxylic acids is 1. The van der Waals surface area contributed by atoms with Crippen molar-refractivity contribution in [3.63, 3.8) is 0 Å². The van der Waals surface area contributed by atoms with E-state index in [4.69, 9.17) is 5.73 Å². The highest BCUT2D eigenvalue weighted by Gasteiger charge is 2.30. The first kappa shape index (κ1) is 17.6. The summed E-state index contributed by atoms with van der Waals surface area (Å²) in [6.07, 6.45) is 5.55. The maximum Gasteiger partial charge on any atom is 0.272 e. The number of aromatic amines is 1. The number of rotatable bonds is 2. The molecule has 1 aliphatic heterocycles. The van der Waals surface area contributed by atoms with Crippen molar-refractivity contribution in [3.05, 3.63) is 44.9 Å². The molecular formula is C19H24N6O2. The van der Waals surface area contributed by atoms with Gasteiger partial charge in [-0.05, 0) is 45.4 Å². The molecule has 3 heterocycles. The van der Waals surface area contributed by atoms with Crippen molar-refractivity contribution in [2.24, 2.45) is 0 Å². The molecule has 2 aromatic heterocycles. The SMILES string of the molecule is Cc1nc([C@@H]2CCCN(C(=O)c3nc(N)nc4c3CCCC4)C2)cc(=O)[nH]1. The number of fused-ring (bicyclic) bond motifs is 1. The van der Waals surface area contributed by atoms with Crippen LogP contribution < -0.4 is 11.3 Å². The molecule has 4 rings (SSSR count). The van der Waals surface area contributed by atoms with Gasteiger partial charge in [0.05, 0.1) is 5.69 Å². The maximum atomic E-state index is 13.2. The number of carbonyl (C=O) groups is 1. The number of nitrogen functional groups attached to an aromatic ring is 1. The molecule has 0 bridgehead atoms. The van der Waals surface area contributed by atoms with Gasteiger partial charge < -0.3 is 15.6 Å². The van der Waals surface area contributed by atoms with Crippen molar-refractivity contribution in [2.75, 3.05) is 18.8 Å². The van der Waals surface area contributed by atoms with Crippen LogP contribution in [0.5, 0.6) is 0 Å². The van der Waals surface area contributed by atoms with Gasteiger partial charge in [0.15, 0.2) is 0 Å². The number of piperidine rings is 1. The normalized spacial score (nSPS) is 19.6. The Bertz CT molecular complexity index is 938. The van der Waals surface area contributed by atoms with E-state index in [1.54, 1.807) is 6.92 Å². The zero-order valence-electron chi connectivity index (χ0n) is 15.5. The Morgan fingerprint density at radius 3 is 2.85 bits per heavy atom. The molecule has 0 radical (unpaired) electrons. The van der Waals surface area contributed by atoms with E-state index in [9.17, 15) is 9.59 Å². The zero-order chi connectivity index (χ0) is 19.0. The van der Waals surface area contributed by atoms with Gasteiger partial charge in [-0.1, -0.05) is 0 Å². The number of aryl methyl sites for hydroxylation is 2. The van der Waals surface area contributed by atoms with Gasteiger partial charge in [0.1, 0.15) is 11.5 Å². The van der Waals surface area contributed by atoms with Crippen molar-refractivity contribution in [1.82, 2.24) is 24.8 Å². The molecule has 2 aliphatic rings. The third kappa shape index (κ3) is 3.56. The van der Waals surface area contributed by atoms with Crippen molar-refractivity contribution >= 4 is 11.9 Å². The van der Waals surface area contributed by atoms with Gasteiger partial charge in [0.2, 0.25) is 5.95 Å². The quantitative estimate of drug-likeness (QED) is 0.826. The van der Waals surface area contributed by atoms with E-state index < -0.39 is 0 Å². The average molecular weight is 368 g/mol. The molecule has 0 unspecified atom stereocenters. The maximum absolute atomic E-state index is 13.2. The van der Waals surface area contributed by atoms with Crippen LogP contribution in [0.2, 0.25) is 0 Å². The molecule has 142 valence electrons. The van der Waals surface area contributed by atoms with E-state index in [2.05, 4.69) is 19.9 Å². The van der Waals surface area contributed by atoms with Crippen LogP contribution >= 0.6 is 0 Å². The Kier molecular flexibility index (Phi) is 4.63. The number of aromatic nitrogens is 4. The van der Waals surface area contributed by atoms with Crippen LogP contribution in [0.1, 0.15) is 64.9 Å². The first-order chi connectivity index (χ1) is 13.0. The van der Waals surface area contributed by atoms with E-state index in [1.807, 2.05) is 4.90 Å². The van der Waals surface area contributed by atoms with Gasteiger partial charge in [-0.25, -0.2) is 15.0 Å². The molecule has 3 N–H and O–H groups in total. The number of nitrogens with one attached hydrogen (secondary N) is 1. The van der Waals surface area contributed by atoms with Crippen LogP contribution in [0, 0.1) is 6.92 Å². The number of H-pyrrole nitrogens is 1. The summed E-state index contributed by atoms with van der Waals surface area (Å²) in [5.74, 6) is 0.727. The predicted octanol–water partition coefficient (Wildman–Crippen LogP) is 1.35. The van der Waals surface area contributed by atoms with Crippen LogP contribution in [0.25, 0.3) is 0 Å². The second-order valence-corrected chi connectivity index (χ2v) is 7.41. The monoisotopic (exact) mass is 368 g/mol. The number of nitrogens with zero attached hydrogens (tertiary/aromatic N) is 4. The highest BCUT2D eigenvalue weighted by atomic mass is 16.2. The topological polar surface area (TPSA) is 118 Å². The third-order valence-electron chi connectivity index (χ3n) is 5.41. The van der Waals surface area contributed by atoms with Crippen LogP contribution in [0.15, 0.2) is 10.9 Å². The number of hydrogen-bond acceptors (Lipinski definition) is 6. The number of hydrogen-bond donors (Lipinski definition) is 2. The molecule has 8 nitrogen and oxygen atoms in total. The fourth-order valence-electron chi connectivity index (χ4n) is 4.15. The molecule has 1 atom stereocenters. The summed E-state index contributed by atoms with van der Waals surface area (Å²) < 4.78 is 0. The van der Waals surface area contributed by atoms with Crippen molar-refractivity contribution < 1.29 is 4.79 Å². The van der Waals surface area contributed by atoms with Crippen LogP contribution in [-0.4, -0.2) is 43.8 Å². The Balaban J connectivity index is 1.61. The van der Waals surface area contributed by atoms with E-state index in [1.165, 1.54) is 6.07 Å². The van der Waals surface area contributed by atoms with Gasteiger partial charge in [-0.2, -0.15) is 0 Å². The molecule has 1 fully saturated rings. The van der Waals surface area contributed by atoms with Crippen molar-refractivity contribution in [3.8, 4) is 0 Å². The van der Waals surface area contributed by atoms with Crippen molar-refractivity contribution in [2.45, 2.75) is 51.4 Å². The third-order valence-corrected chi connectivity index (χ3v) is 5.41. The lowest BCUT2D eigenvalue weighted by atomic mass is 9.92. The Morgan fingerprint density at radius 1 is 1.22 bits per heavy atom. The minimum atomic E-state index is -0.154. The molecule has 1 amide bonds. The Morgan fingerprint density at radius 2 is 2.04 bits per heavy atom. The lowest BCUT2D eigenvalue weighted by Gasteiger charge is -2.33. The summed E-state index contributed by atoms with van der Waals surface area (Å²) in [6.45, 7) is 2.98.